The van der Waals surface area contributed by atoms with Gasteiger partial charge in [0.25, 0.3) is 0 Å². The summed E-state index contributed by atoms with van der Waals surface area (Å²) in [4.78, 5) is 4.62. The largest absolute Gasteiger partial charge is 0.236 e. The lowest BCUT2D eigenvalue weighted by Crippen LogP contribution is -1.78. The van der Waals surface area contributed by atoms with Crippen LogP contribution in [0.15, 0.2) is 54.6 Å². The van der Waals surface area contributed by atoms with Gasteiger partial charge >= 0.3 is 0 Å². The predicted octanol–water partition coefficient (Wildman–Crippen LogP) is 4.83. The zero-order valence-electron chi connectivity index (χ0n) is 10.1. The molecule has 1 aromatic carbocycles. The van der Waals surface area contributed by atoms with Gasteiger partial charge in [0.05, 0.1) is 10.2 Å². The molecule has 0 aliphatic carbocycles. The van der Waals surface area contributed by atoms with E-state index < -0.39 is 0 Å². The van der Waals surface area contributed by atoms with Crippen LogP contribution in [0.5, 0.6) is 0 Å². The van der Waals surface area contributed by atoms with Crippen LogP contribution in [0, 0.1) is 0 Å². The van der Waals surface area contributed by atoms with Crippen LogP contribution in [0.1, 0.15) is 18.9 Å². The molecule has 0 amide bonds. The van der Waals surface area contributed by atoms with Crippen molar-refractivity contribution in [2.75, 3.05) is 0 Å². The zero-order chi connectivity index (χ0) is 12.3. The Kier molecular flexibility index (Phi) is 3.55. The van der Waals surface area contributed by atoms with Gasteiger partial charge < -0.3 is 0 Å². The Bertz CT molecular complexity index is 569. The molecule has 17 heavy (non-hydrogen) atoms. The molecule has 1 heterocycles. The second-order valence-corrected chi connectivity index (χ2v) is 4.99. The molecule has 0 radical (unpaired) electrons. The van der Waals surface area contributed by atoms with Gasteiger partial charge in [-0.05, 0) is 31.6 Å². The highest BCUT2D eigenvalue weighted by Crippen LogP contribution is 2.27. The van der Waals surface area contributed by atoms with Crippen molar-refractivity contribution in [1.82, 2.24) is 4.98 Å². The standard InChI is InChI=1S/C15H15NS/c1-4-7-11(2)10-12(3)15-16-13-8-5-6-9-14(13)17-15/h4-10H,1H2,2-3H3/b11-7-,12-10+. The summed E-state index contributed by atoms with van der Waals surface area (Å²) in [6.07, 6.45) is 5.94. The highest BCUT2D eigenvalue weighted by atomic mass is 32.1. The summed E-state index contributed by atoms with van der Waals surface area (Å²) in [5.74, 6) is 0. The van der Waals surface area contributed by atoms with E-state index in [-0.39, 0.29) is 0 Å². The number of rotatable bonds is 3. The molecule has 0 aliphatic heterocycles. The van der Waals surface area contributed by atoms with Gasteiger partial charge in [0.15, 0.2) is 0 Å². The van der Waals surface area contributed by atoms with Crippen molar-refractivity contribution in [3.63, 3.8) is 0 Å². The van der Waals surface area contributed by atoms with E-state index in [0.29, 0.717) is 0 Å². The summed E-state index contributed by atoms with van der Waals surface area (Å²) in [6.45, 7) is 7.86. The van der Waals surface area contributed by atoms with Crippen LogP contribution >= 0.6 is 11.3 Å². The Morgan fingerprint density at radius 3 is 2.76 bits per heavy atom. The third-order valence-electron chi connectivity index (χ3n) is 2.46. The molecule has 2 aromatic rings. The van der Waals surface area contributed by atoms with Gasteiger partial charge in [-0.25, -0.2) is 4.98 Å². The summed E-state index contributed by atoms with van der Waals surface area (Å²) in [6, 6.07) is 8.23. The molecule has 0 N–H and O–H groups in total. The molecule has 0 spiro atoms. The molecule has 1 nitrogen and oxygen atoms in total. The number of para-hydroxylation sites is 1. The fourth-order valence-corrected chi connectivity index (χ4v) is 2.62. The minimum atomic E-state index is 1.07. The number of allylic oxidation sites excluding steroid dienone is 5. The molecule has 0 bridgehead atoms. The second kappa shape index (κ2) is 5.11. The van der Waals surface area contributed by atoms with Gasteiger partial charge in [0, 0.05) is 0 Å². The molecular formula is C15H15NS. The van der Waals surface area contributed by atoms with Crippen molar-refractivity contribution < 1.29 is 0 Å². The number of thiazole rings is 1. The Hall–Kier alpha value is -1.67. The maximum absolute atomic E-state index is 4.62. The smallest absolute Gasteiger partial charge is 0.120 e. The van der Waals surface area contributed by atoms with Gasteiger partial charge in [-0.1, -0.05) is 42.5 Å². The van der Waals surface area contributed by atoms with Crippen molar-refractivity contribution in [3.05, 3.63) is 59.7 Å². The summed E-state index contributed by atoms with van der Waals surface area (Å²) >= 11 is 1.73. The van der Waals surface area contributed by atoms with Gasteiger partial charge in [0.2, 0.25) is 0 Å². The normalized spacial score (nSPS) is 13.1. The van der Waals surface area contributed by atoms with E-state index in [1.807, 2.05) is 18.2 Å². The first kappa shape index (κ1) is 11.8. The number of fused-ring (bicyclic) bond motifs is 1. The Morgan fingerprint density at radius 2 is 2.06 bits per heavy atom. The number of benzene rings is 1. The summed E-state index contributed by atoms with van der Waals surface area (Å²) in [7, 11) is 0. The predicted molar refractivity (Wildman–Crippen MR) is 77.2 cm³/mol. The van der Waals surface area contributed by atoms with Crippen molar-refractivity contribution in [1.29, 1.82) is 0 Å². The van der Waals surface area contributed by atoms with Crippen LogP contribution < -0.4 is 0 Å². The molecule has 0 saturated heterocycles. The number of hydrogen-bond acceptors (Lipinski definition) is 2. The Balaban J connectivity index is 2.39. The third kappa shape index (κ3) is 2.71. The van der Waals surface area contributed by atoms with Crippen LogP contribution in [0.25, 0.3) is 15.8 Å². The van der Waals surface area contributed by atoms with Crippen LogP contribution in [0.3, 0.4) is 0 Å². The van der Waals surface area contributed by atoms with Gasteiger partial charge in [0.1, 0.15) is 5.01 Å². The van der Waals surface area contributed by atoms with E-state index in [1.165, 1.54) is 15.8 Å². The lowest BCUT2D eigenvalue weighted by molar-refractivity contribution is 1.40. The number of hydrogen-bond donors (Lipinski definition) is 0. The van der Waals surface area contributed by atoms with Crippen LogP contribution in [-0.4, -0.2) is 4.98 Å². The number of aromatic nitrogens is 1. The monoisotopic (exact) mass is 241 g/mol. The van der Waals surface area contributed by atoms with E-state index in [9.17, 15) is 0 Å². The molecule has 0 atom stereocenters. The Morgan fingerprint density at radius 1 is 1.29 bits per heavy atom. The molecule has 1 aromatic heterocycles. The van der Waals surface area contributed by atoms with Crippen molar-refractivity contribution in [3.8, 4) is 0 Å². The van der Waals surface area contributed by atoms with Gasteiger partial charge in [-0.3, -0.25) is 0 Å². The maximum atomic E-state index is 4.62. The van der Waals surface area contributed by atoms with Gasteiger partial charge in [-0.15, -0.1) is 11.3 Å². The lowest BCUT2D eigenvalue weighted by atomic mass is 10.2. The lowest BCUT2D eigenvalue weighted by Gasteiger charge is -1.95. The van der Waals surface area contributed by atoms with Gasteiger partial charge in [-0.2, -0.15) is 0 Å². The first-order chi connectivity index (χ1) is 8.20. The van der Waals surface area contributed by atoms with Crippen molar-refractivity contribution in [2.24, 2.45) is 0 Å². The molecule has 0 fully saturated rings. The van der Waals surface area contributed by atoms with Crippen molar-refractivity contribution in [2.45, 2.75) is 13.8 Å². The number of nitrogens with zero attached hydrogens (tertiary/aromatic N) is 1. The fourth-order valence-electron chi connectivity index (χ4n) is 1.68. The third-order valence-corrected chi connectivity index (χ3v) is 3.63. The van der Waals surface area contributed by atoms with E-state index in [0.717, 1.165) is 10.5 Å². The highest BCUT2D eigenvalue weighted by molar-refractivity contribution is 7.19. The highest BCUT2D eigenvalue weighted by Gasteiger charge is 2.04. The summed E-state index contributed by atoms with van der Waals surface area (Å²) in [5, 5.41) is 1.09. The molecule has 0 saturated carbocycles. The van der Waals surface area contributed by atoms with E-state index >= 15 is 0 Å². The maximum Gasteiger partial charge on any atom is 0.120 e. The molecule has 0 unspecified atom stereocenters. The summed E-state index contributed by atoms with van der Waals surface area (Å²) in [5.41, 5.74) is 3.46. The summed E-state index contributed by atoms with van der Waals surface area (Å²) < 4.78 is 1.24. The van der Waals surface area contributed by atoms with Crippen LogP contribution in [0.4, 0.5) is 0 Å². The molecule has 2 rings (SSSR count). The quantitative estimate of drug-likeness (QED) is 0.701. The topological polar surface area (TPSA) is 12.9 Å². The average molecular weight is 241 g/mol. The zero-order valence-corrected chi connectivity index (χ0v) is 10.9. The minimum Gasteiger partial charge on any atom is -0.236 e. The Labute approximate surface area is 106 Å². The van der Waals surface area contributed by atoms with E-state index in [4.69, 9.17) is 0 Å². The van der Waals surface area contributed by atoms with Crippen molar-refractivity contribution >= 4 is 27.1 Å². The first-order valence-electron chi connectivity index (χ1n) is 5.54. The molecule has 0 aliphatic rings. The van der Waals surface area contributed by atoms with Crippen LogP contribution in [-0.2, 0) is 0 Å². The second-order valence-electron chi connectivity index (χ2n) is 3.96. The minimum absolute atomic E-state index is 1.07. The fraction of sp³-hybridized carbons (Fsp3) is 0.133. The van der Waals surface area contributed by atoms with Crippen LogP contribution in [0.2, 0.25) is 0 Å². The first-order valence-corrected chi connectivity index (χ1v) is 6.36. The molecular weight excluding hydrogens is 226 g/mol. The van der Waals surface area contributed by atoms with E-state index in [1.54, 1.807) is 17.4 Å². The van der Waals surface area contributed by atoms with E-state index in [2.05, 4.69) is 43.6 Å². The SMILES string of the molecule is C=C/C=C(C)\C=C(/C)c1nc2ccccc2s1. The molecule has 86 valence electrons. The average Bonchev–Trinajstić information content (AvgIpc) is 2.72. The molecule has 2 heteroatoms.